The molecule has 168 valence electrons. The molecule has 0 atom stereocenters. The molecule has 1 fully saturated rings. The van der Waals surface area contributed by atoms with Crippen LogP contribution < -0.4 is 10.1 Å². The number of nitrogens with zero attached hydrogens (tertiary/aromatic N) is 1. The number of ether oxygens (including phenoxy) is 1. The van der Waals surface area contributed by atoms with Crippen molar-refractivity contribution in [2.75, 3.05) is 19.0 Å². The zero-order valence-electron chi connectivity index (χ0n) is 17.5. The molecule has 2 aromatic rings. The molecule has 31 heavy (non-hydrogen) atoms. The molecule has 1 aliphatic carbocycles. The standard InChI is InChI=1S/C22H26ClFN2O4S/c1-15-8-9-16(24)12-20(15)25-22(27)14-26(17-6-4-3-5-7-17)31(28,29)18-10-11-21(30-2)19(23)13-18/h8-13,17H,3-7,14H2,1-2H3,(H,25,27). The van der Waals surface area contributed by atoms with Gasteiger partial charge < -0.3 is 10.1 Å². The Morgan fingerprint density at radius 1 is 1.19 bits per heavy atom. The summed E-state index contributed by atoms with van der Waals surface area (Å²) in [5.74, 6) is -0.642. The van der Waals surface area contributed by atoms with Crippen LogP contribution in [-0.4, -0.2) is 38.3 Å². The topological polar surface area (TPSA) is 75.7 Å². The number of amides is 1. The maximum Gasteiger partial charge on any atom is 0.243 e. The van der Waals surface area contributed by atoms with Gasteiger partial charge >= 0.3 is 0 Å². The second kappa shape index (κ2) is 9.97. The van der Waals surface area contributed by atoms with E-state index >= 15 is 0 Å². The van der Waals surface area contributed by atoms with E-state index in [0.29, 0.717) is 29.8 Å². The zero-order valence-corrected chi connectivity index (χ0v) is 19.1. The highest BCUT2D eigenvalue weighted by atomic mass is 35.5. The summed E-state index contributed by atoms with van der Waals surface area (Å²) >= 11 is 6.15. The van der Waals surface area contributed by atoms with E-state index in [1.54, 1.807) is 13.0 Å². The van der Waals surface area contributed by atoms with E-state index in [-0.39, 0.29) is 22.5 Å². The average Bonchev–Trinajstić information content (AvgIpc) is 2.75. The van der Waals surface area contributed by atoms with Crippen molar-refractivity contribution in [1.82, 2.24) is 4.31 Å². The van der Waals surface area contributed by atoms with Gasteiger partial charge in [-0.25, -0.2) is 12.8 Å². The summed E-state index contributed by atoms with van der Waals surface area (Å²) in [6.07, 6.45) is 4.17. The Bertz CT molecular complexity index is 1060. The van der Waals surface area contributed by atoms with Crippen molar-refractivity contribution in [1.29, 1.82) is 0 Å². The molecule has 0 bridgehead atoms. The monoisotopic (exact) mass is 468 g/mol. The van der Waals surface area contributed by atoms with Crippen LogP contribution in [0.4, 0.5) is 10.1 Å². The van der Waals surface area contributed by atoms with Gasteiger partial charge in [-0.3, -0.25) is 4.79 Å². The molecule has 0 aliphatic heterocycles. The van der Waals surface area contributed by atoms with Crippen LogP contribution in [0.15, 0.2) is 41.3 Å². The lowest BCUT2D eigenvalue weighted by Gasteiger charge is -2.33. The number of sulfonamides is 1. The summed E-state index contributed by atoms with van der Waals surface area (Å²) in [6.45, 7) is 1.37. The predicted octanol–water partition coefficient (Wildman–Crippen LogP) is 4.76. The minimum atomic E-state index is -4.00. The zero-order chi connectivity index (χ0) is 22.6. The third-order valence-electron chi connectivity index (χ3n) is 5.48. The molecule has 0 saturated heterocycles. The van der Waals surface area contributed by atoms with Crippen LogP contribution in [0.3, 0.4) is 0 Å². The van der Waals surface area contributed by atoms with Crippen molar-refractivity contribution >= 4 is 33.2 Å². The van der Waals surface area contributed by atoms with E-state index in [9.17, 15) is 17.6 Å². The molecule has 1 aliphatic rings. The lowest BCUT2D eigenvalue weighted by molar-refractivity contribution is -0.116. The molecule has 3 rings (SSSR count). The Labute approximate surface area is 187 Å². The van der Waals surface area contributed by atoms with Crippen molar-refractivity contribution in [2.45, 2.75) is 50.0 Å². The quantitative estimate of drug-likeness (QED) is 0.635. The predicted molar refractivity (Wildman–Crippen MR) is 119 cm³/mol. The number of anilines is 1. The van der Waals surface area contributed by atoms with E-state index in [4.69, 9.17) is 16.3 Å². The summed E-state index contributed by atoms with van der Waals surface area (Å²) in [6, 6.07) is 8.03. The summed E-state index contributed by atoms with van der Waals surface area (Å²) in [4.78, 5) is 12.8. The summed E-state index contributed by atoms with van der Waals surface area (Å²) in [7, 11) is -2.55. The molecule has 9 heteroatoms. The number of rotatable bonds is 7. The molecule has 1 N–H and O–H groups in total. The van der Waals surface area contributed by atoms with Crippen molar-refractivity contribution in [3.05, 3.63) is 52.8 Å². The number of carbonyl (C=O) groups is 1. The fourth-order valence-corrected chi connectivity index (χ4v) is 5.77. The Balaban J connectivity index is 1.89. The number of halogens is 2. The van der Waals surface area contributed by atoms with Gasteiger partial charge in [0.15, 0.2) is 0 Å². The molecule has 0 heterocycles. The van der Waals surface area contributed by atoms with Crippen LogP contribution in [0.5, 0.6) is 5.75 Å². The van der Waals surface area contributed by atoms with E-state index in [2.05, 4.69) is 5.32 Å². The Morgan fingerprint density at radius 3 is 2.55 bits per heavy atom. The first-order valence-corrected chi connectivity index (χ1v) is 12.0. The van der Waals surface area contributed by atoms with Crippen LogP contribution in [0.1, 0.15) is 37.7 Å². The second-order valence-electron chi connectivity index (χ2n) is 7.65. The van der Waals surface area contributed by atoms with Crippen molar-refractivity contribution < 1.29 is 22.3 Å². The molecule has 6 nitrogen and oxygen atoms in total. The number of aryl methyl sites for hydroxylation is 1. The van der Waals surface area contributed by atoms with E-state index < -0.39 is 21.7 Å². The first-order valence-electron chi connectivity index (χ1n) is 10.1. The Morgan fingerprint density at radius 2 is 1.90 bits per heavy atom. The number of benzene rings is 2. The average molecular weight is 469 g/mol. The summed E-state index contributed by atoms with van der Waals surface area (Å²) < 4.78 is 46.9. The Hall–Kier alpha value is -2.16. The summed E-state index contributed by atoms with van der Waals surface area (Å²) in [5.41, 5.74) is 1.00. The molecule has 1 saturated carbocycles. The highest BCUT2D eigenvalue weighted by molar-refractivity contribution is 7.89. The van der Waals surface area contributed by atoms with Crippen LogP contribution >= 0.6 is 11.6 Å². The lowest BCUT2D eigenvalue weighted by atomic mass is 9.95. The van der Waals surface area contributed by atoms with Gasteiger partial charge in [-0.2, -0.15) is 4.31 Å². The Kier molecular flexibility index (Phi) is 7.56. The number of methoxy groups -OCH3 is 1. The molecular weight excluding hydrogens is 443 g/mol. The largest absolute Gasteiger partial charge is 0.495 e. The lowest BCUT2D eigenvalue weighted by Crippen LogP contribution is -2.45. The van der Waals surface area contributed by atoms with Gasteiger partial charge in [0.1, 0.15) is 11.6 Å². The highest BCUT2D eigenvalue weighted by Gasteiger charge is 2.34. The van der Waals surface area contributed by atoms with Gasteiger partial charge in [0.25, 0.3) is 0 Å². The fourth-order valence-electron chi connectivity index (χ4n) is 3.78. The maximum atomic E-state index is 13.6. The van der Waals surface area contributed by atoms with Gasteiger partial charge in [0.05, 0.1) is 23.6 Å². The van der Waals surface area contributed by atoms with Gasteiger partial charge in [-0.05, 0) is 55.7 Å². The number of carbonyl (C=O) groups excluding carboxylic acids is 1. The van der Waals surface area contributed by atoms with Crippen molar-refractivity contribution in [3.63, 3.8) is 0 Å². The highest BCUT2D eigenvalue weighted by Crippen LogP contribution is 2.32. The van der Waals surface area contributed by atoms with E-state index in [0.717, 1.165) is 19.3 Å². The molecule has 0 radical (unpaired) electrons. The van der Waals surface area contributed by atoms with Gasteiger partial charge in [0, 0.05) is 11.7 Å². The van der Waals surface area contributed by atoms with E-state index in [1.165, 1.54) is 41.7 Å². The minimum Gasteiger partial charge on any atom is -0.495 e. The second-order valence-corrected chi connectivity index (χ2v) is 9.94. The van der Waals surface area contributed by atoms with Gasteiger partial charge in [0.2, 0.25) is 15.9 Å². The number of hydrogen-bond donors (Lipinski definition) is 1. The molecular formula is C22H26ClFN2O4S. The van der Waals surface area contributed by atoms with Crippen LogP contribution in [0.2, 0.25) is 5.02 Å². The third-order valence-corrected chi connectivity index (χ3v) is 7.67. The molecule has 0 spiro atoms. The van der Waals surface area contributed by atoms with Crippen molar-refractivity contribution in [3.8, 4) is 5.75 Å². The van der Waals surface area contributed by atoms with Crippen LogP contribution in [-0.2, 0) is 14.8 Å². The summed E-state index contributed by atoms with van der Waals surface area (Å²) in [5, 5.41) is 2.82. The first kappa shape index (κ1) is 23.5. The van der Waals surface area contributed by atoms with E-state index in [1.807, 2.05) is 0 Å². The number of hydrogen-bond acceptors (Lipinski definition) is 4. The third kappa shape index (κ3) is 5.56. The van der Waals surface area contributed by atoms with Crippen LogP contribution in [0.25, 0.3) is 0 Å². The number of nitrogens with one attached hydrogen (secondary N) is 1. The fraction of sp³-hybridized carbons (Fsp3) is 0.409. The molecule has 1 amide bonds. The molecule has 2 aromatic carbocycles. The van der Waals surface area contributed by atoms with Gasteiger partial charge in [-0.1, -0.05) is 36.9 Å². The SMILES string of the molecule is COc1ccc(S(=O)(=O)N(CC(=O)Nc2cc(F)ccc2C)C2CCCCC2)cc1Cl. The van der Waals surface area contributed by atoms with Crippen molar-refractivity contribution in [2.24, 2.45) is 0 Å². The van der Waals surface area contributed by atoms with Crippen LogP contribution in [0, 0.1) is 12.7 Å². The van der Waals surface area contributed by atoms with Gasteiger partial charge in [-0.15, -0.1) is 0 Å². The smallest absolute Gasteiger partial charge is 0.243 e. The first-order chi connectivity index (χ1) is 14.7. The molecule has 0 aromatic heterocycles. The minimum absolute atomic E-state index is 0.00129. The normalized spacial score (nSPS) is 15.1. The molecule has 0 unspecified atom stereocenters. The maximum absolute atomic E-state index is 13.6.